The Kier molecular flexibility index (Phi) is 6.80. The van der Waals surface area contributed by atoms with Crippen LogP contribution in [0.3, 0.4) is 0 Å². The second kappa shape index (κ2) is 8.14. The number of carbonyl (C=O) groups excluding carboxylic acids is 2. The molecule has 0 spiro atoms. The van der Waals surface area contributed by atoms with Crippen LogP contribution in [0.15, 0.2) is 0 Å². The third-order valence-corrected chi connectivity index (χ3v) is 3.34. The first-order valence-electron chi connectivity index (χ1n) is 7.76. The summed E-state index contributed by atoms with van der Waals surface area (Å²) >= 11 is 0. The van der Waals surface area contributed by atoms with Crippen LogP contribution in [0.5, 0.6) is 0 Å². The average Bonchev–Trinajstić information content (AvgIpc) is 2.84. The van der Waals surface area contributed by atoms with Crippen LogP contribution >= 0.6 is 0 Å². The standard InChI is InChI=1S/C10H19NO3.C5H7NO3/c1-10(2,3)14-9(13)11-6-4-5-8(12)7-11;7-4-2-1-3(6-4)5(8)9/h8,12H,4-7H2,1-3H3;3H,1-2H2,(H,6,7)(H,8,9). The summed E-state index contributed by atoms with van der Waals surface area (Å²) in [4.78, 5) is 33.6. The Hall–Kier alpha value is -1.83. The molecule has 0 saturated carbocycles. The number of nitrogens with one attached hydrogen (secondary N) is 1. The quantitative estimate of drug-likeness (QED) is 0.652. The van der Waals surface area contributed by atoms with Gasteiger partial charge >= 0.3 is 12.1 Å². The number of hydrogen-bond donors (Lipinski definition) is 3. The molecule has 0 aromatic carbocycles. The molecule has 8 nitrogen and oxygen atoms in total. The fraction of sp³-hybridized carbons (Fsp3) is 0.800. The van der Waals surface area contributed by atoms with Crippen molar-refractivity contribution in [3.63, 3.8) is 0 Å². The molecule has 0 bridgehead atoms. The van der Waals surface area contributed by atoms with E-state index < -0.39 is 23.7 Å². The summed E-state index contributed by atoms with van der Waals surface area (Å²) in [6.45, 7) is 6.60. The van der Waals surface area contributed by atoms with Crippen LogP contribution in [0.1, 0.15) is 46.5 Å². The minimum Gasteiger partial charge on any atom is -0.480 e. The molecule has 2 aliphatic heterocycles. The van der Waals surface area contributed by atoms with Crippen LogP contribution in [0.2, 0.25) is 0 Å². The van der Waals surface area contributed by atoms with Crippen LogP contribution < -0.4 is 5.32 Å². The predicted octanol–water partition coefficient (Wildman–Crippen LogP) is 0.728. The van der Waals surface area contributed by atoms with Gasteiger partial charge in [-0.15, -0.1) is 0 Å². The van der Waals surface area contributed by atoms with Crippen molar-refractivity contribution >= 4 is 18.0 Å². The Morgan fingerprint density at radius 2 is 1.96 bits per heavy atom. The largest absolute Gasteiger partial charge is 0.480 e. The number of nitrogens with zero attached hydrogens (tertiary/aromatic N) is 1. The number of carboxylic acid groups (broad SMARTS) is 1. The molecule has 2 saturated heterocycles. The molecule has 8 heteroatoms. The molecule has 0 aromatic heterocycles. The van der Waals surface area contributed by atoms with Gasteiger partial charge < -0.3 is 25.2 Å². The highest BCUT2D eigenvalue weighted by atomic mass is 16.6. The van der Waals surface area contributed by atoms with Gasteiger partial charge in [0.05, 0.1) is 6.10 Å². The molecule has 23 heavy (non-hydrogen) atoms. The monoisotopic (exact) mass is 330 g/mol. The molecule has 132 valence electrons. The summed E-state index contributed by atoms with van der Waals surface area (Å²) in [7, 11) is 0. The van der Waals surface area contributed by atoms with E-state index in [0.717, 1.165) is 12.8 Å². The number of hydrogen-bond acceptors (Lipinski definition) is 5. The molecular weight excluding hydrogens is 304 g/mol. The Bertz CT molecular complexity index is 446. The topological polar surface area (TPSA) is 116 Å². The van der Waals surface area contributed by atoms with Gasteiger partial charge in [0.25, 0.3) is 0 Å². The van der Waals surface area contributed by atoms with Gasteiger partial charge in [-0.2, -0.15) is 0 Å². The molecular formula is C15H26N2O6. The number of amides is 2. The summed E-state index contributed by atoms with van der Waals surface area (Å²) in [6, 6.07) is -0.641. The number of likely N-dealkylation sites (tertiary alicyclic amines) is 1. The minimum absolute atomic E-state index is 0.164. The summed E-state index contributed by atoms with van der Waals surface area (Å²) in [5.74, 6) is -1.11. The summed E-state index contributed by atoms with van der Waals surface area (Å²) < 4.78 is 5.20. The van der Waals surface area contributed by atoms with Crippen molar-refractivity contribution in [3.8, 4) is 0 Å². The summed E-state index contributed by atoms with van der Waals surface area (Å²) in [5, 5.41) is 20.0. The van der Waals surface area contributed by atoms with E-state index >= 15 is 0 Å². The number of piperidine rings is 1. The Morgan fingerprint density at radius 1 is 1.30 bits per heavy atom. The van der Waals surface area contributed by atoms with Crippen LogP contribution in [0.25, 0.3) is 0 Å². The van der Waals surface area contributed by atoms with E-state index in [1.165, 1.54) is 0 Å². The van der Waals surface area contributed by atoms with Crippen LogP contribution in [-0.4, -0.2) is 63.9 Å². The predicted molar refractivity (Wildman–Crippen MR) is 81.8 cm³/mol. The van der Waals surface area contributed by atoms with Crippen LogP contribution in [0.4, 0.5) is 4.79 Å². The fourth-order valence-electron chi connectivity index (χ4n) is 2.25. The smallest absolute Gasteiger partial charge is 0.410 e. The lowest BCUT2D eigenvalue weighted by Gasteiger charge is -2.32. The van der Waals surface area contributed by atoms with E-state index in [-0.39, 0.29) is 12.0 Å². The van der Waals surface area contributed by atoms with Gasteiger partial charge in [-0.1, -0.05) is 0 Å². The first kappa shape index (κ1) is 19.2. The van der Waals surface area contributed by atoms with Crippen molar-refractivity contribution in [1.29, 1.82) is 0 Å². The van der Waals surface area contributed by atoms with Crippen LogP contribution in [-0.2, 0) is 14.3 Å². The van der Waals surface area contributed by atoms with E-state index in [0.29, 0.717) is 25.9 Å². The van der Waals surface area contributed by atoms with Crippen LogP contribution in [0, 0.1) is 0 Å². The number of carbonyl (C=O) groups is 3. The second-order valence-electron chi connectivity index (χ2n) is 6.72. The molecule has 2 amide bonds. The van der Waals surface area contributed by atoms with Gasteiger partial charge in [-0.25, -0.2) is 9.59 Å². The van der Waals surface area contributed by atoms with Crippen molar-refractivity contribution in [3.05, 3.63) is 0 Å². The van der Waals surface area contributed by atoms with Crippen molar-refractivity contribution < 1.29 is 29.3 Å². The molecule has 0 aromatic rings. The molecule has 2 heterocycles. The average molecular weight is 330 g/mol. The number of aliphatic hydroxyl groups excluding tert-OH is 1. The number of ether oxygens (including phenoxy) is 1. The first-order valence-corrected chi connectivity index (χ1v) is 7.76. The van der Waals surface area contributed by atoms with E-state index in [2.05, 4.69) is 5.32 Å². The second-order valence-corrected chi connectivity index (χ2v) is 6.72. The van der Waals surface area contributed by atoms with Crippen molar-refractivity contribution in [2.45, 2.75) is 64.2 Å². The van der Waals surface area contributed by atoms with Gasteiger partial charge in [-0.3, -0.25) is 4.79 Å². The third kappa shape index (κ3) is 7.32. The lowest BCUT2D eigenvalue weighted by atomic mass is 10.1. The van der Waals surface area contributed by atoms with Crippen molar-refractivity contribution in [1.82, 2.24) is 10.2 Å². The van der Waals surface area contributed by atoms with Gasteiger partial charge in [0, 0.05) is 19.5 Å². The zero-order valence-electron chi connectivity index (χ0n) is 13.9. The number of aliphatic carboxylic acids is 1. The SMILES string of the molecule is CC(C)(C)OC(=O)N1CCCC(O)C1.O=C1CCC(C(=O)O)N1. The Balaban J connectivity index is 0.000000253. The molecule has 0 radical (unpaired) electrons. The molecule has 3 N–H and O–H groups in total. The maximum Gasteiger partial charge on any atom is 0.410 e. The first-order chi connectivity index (χ1) is 10.6. The number of carboxylic acids is 1. The zero-order chi connectivity index (χ0) is 17.6. The van der Waals surface area contributed by atoms with Crippen molar-refractivity contribution in [2.75, 3.05) is 13.1 Å². The van der Waals surface area contributed by atoms with Crippen molar-refractivity contribution in [2.24, 2.45) is 0 Å². The Morgan fingerprint density at radius 3 is 2.35 bits per heavy atom. The maximum atomic E-state index is 11.6. The molecule has 0 aliphatic carbocycles. The number of rotatable bonds is 1. The molecule has 2 atom stereocenters. The summed E-state index contributed by atoms with van der Waals surface area (Å²) in [6.07, 6.45) is 1.68. The molecule has 2 aliphatic rings. The van der Waals surface area contributed by atoms with Gasteiger partial charge in [-0.05, 0) is 40.0 Å². The highest BCUT2D eigenvalue weighted by Gasteiger charge is 2.27. The summed E-state index contributed by atoms with van der Waals surface area (Å²) in [5.41, 5.74) is -0.459. The highest BCUT2D eigenvalue weighted by molar-refractivity contribution is 5.87. The lowest BCUT2D eigenvalue weighted by Crippen LogP contribution is -2.44. The zero-order valence-corrected chi connectivity index (χ0v) is 13.9. The van der Waals surface area contributed by atoms with Gasteiger partial charge in [0.15, 0.2) is 0 Å². The maximum absolute atomic E-state index is 11.6. The fourth-order valence-corrected chi connectivity index (χ4v) is 2.25. The van der Waals surface area contributed by atoms with Gasteiger partial charge in [0.1, 0.15) is 11.6 Å². The number of β-amino-alcohol motifs (C(OH)–C–C–N with tert-alkyl or cyclic N) is 1. The Labute approximate surface area is 135 Å². The van der Waals surface area contributed by atoms with E-state index in [9.17, 15) is 19.5 Å². The minimum atomic E-state index is -0.944. The lowest BCUT2D eigenvalue weighted by molar-refractivity contribution is -0.140. The normalized spacial score (nSPS) is 24.3. The molecule has 2 rings (SSSR count). The number of aliphatic hydroxyl groups is 1. The molecule has 2 unspecified atom stereocenters. The molecule has 2 fully saturated rings. The van der Waals surface area contributed by atoms with E-state index in [1.807, 2.05) is 20.8 Å². The van der Waals surface area contributed by atoms with E-state index in [1.54, 1.807) is 4.90 Å². The van der Waals surface area contributed by atoms with Gasteiger partial charge in [0.2, 0.25) is 5.91 Å². The third-order valence-electron chi connectivity index (χ3n) is 3.34. The van der Waals surface area contributed by atoms with E-state index in [4.69, 9.17) is 9.84 Å². The highest BCUT2D eigenvalue weighted by Crippen LogP contribution is 2.14.